The van der Waals surface area contributed by atoms with Crippen molar-refractivity contribution >= 4 is 17.6 Å². The van der Waals surface area contributed by atoms with Crippen LogP contribution in [0.4, 0.5) is 10.5 Å². The monoisotopic (exact) mass is 354 g/mol. The van der Waals surface area contributed by atoms with E-state index in [1.807, 2.05) is 6.07 Å². The zero-order valence-electron chi connectivity index (χ0n) is 14.7. The molecule has 136 valence electrons. The van der Waals surface area contributed by atoms with Gasteiger partial charge in [0.25, 0.3) is 0 Å². The van der Waals surface area contributed by atoms with E-state index in [0.717, 1.165) is 18.5 Å². The number of phenolic OH excluding ortho intramolecular Hbond substituents is 1. The summed E-state index contributed by atoms with van der Waals surface area (Å²) in [5.41, 5.74) is 2.39. The van der Waals surface area contributed by atoms with Gasteiger partial charge in [0.15, 0.2) is 0 Å². The summed E-state index contributed by atoms with van der Waals surface area (Å²) in [4.78, 5) is 23.8. The van der Waals surface area contributed by atoms with Crippen molar-refractivity contribution in [1.29, 1.82) is 0 Å². The Bertz CT molecular complexity index is 852. The molecule has 0 atom stereocenters. The van der Waals surface area contributed by atoms with E-state index in [0.29, 0.717) is 35.8 Å². The van der Waals surface area contributed by atoms with Gasteiger partial charge in [0.2, 0.25) is 5.91 Å². The average molecular weight is 354 g/mol. The molecule has 0 bridgehead atoms. The van der Waals surface area contributed by atoms with E-state index in [1.165, 1.54) is 10.7 Å². The van der Waals surface area contributed by atoms with Crippen molar-refractivity contribution in [1.82, 2.24) is 15.1 Å². The quantitative estimate of drug-likeness (QED) is 0.694. The molecule has 0 aliphatic heterocycles. The second-order valence-corrected chi connectivity index (χ2v) is 6.25. The Labute approximate surface area is 151 Å². The number of carbonyl (C=O) groups excluding carboxylic acids is 2. The maximum absolute atomic E-state index is 12.3. The molecule has 0 radical (unpaired) electrons. The number of amides is 2. The first-order valence-electron chi connectivity index (χ1n) is 8.65. The standard InChI is InChI=1S/C19H22N4O3/c1-3-9-20-19(26)23-16(12-5-6-12)11-15(22-23)14-8-7-13(10-17(14)24)21-18(25)4-2/h3,7-8,10-12,24H,1,4-6,9H2,2H3,(H,20,26)(H,21,25). The first-order valence-corrected chi connectivity index (χ1v) is 8.65. The van der Waals surface area contributed by atoms with Crippen LogP contribution in [0.2, 0.25) is 0 Å². The Morgan fingerprint density at radius 1 is 1.38 bits per heavy atom. The second kappa shape index (κ2) is 7.43. The molecule has 2 amide bonds. The van der Waals surface area contributed by atoms with Gasteiger partial charge in [-0.15, -0.1) is 6.58 Å². The van der Waals surface area contributed by atoms with Crippen LogP contribution >= 0.6 is 0 Å². The first-order chi connectivity index (χ1) is 12.5. The van der Waals surface area contributed by atoms with Crippen LogP contribution < -0.4 is 10.6 Å². The number of nitrogens with one attached hydrogen (secondary N) is 2. The summed E-state index contributed by atoms with van der Waals surface area (Å²) < 4.78 is 1.36. The van der Waals surface area contributed by atoms with Crippen molar-refractivity contribution in [2.45, 2.75) is 32.1 Å². The second-order valence-electron chi connectivity index (χ2n) is 6.25. The van der Waals surface area contributed by atoms with E-state index in [1.54, 1.807) is 25.1 Å². The molecule has 7 nitrogen and oxygen atoms in total. The third kappa shape index (κ3) is 3.77. The molecule has 2 aromatic rings. The molecule has 1 aromatic heterocycles. The number of hydrogen-bond donors (Lipinski definition) is 3. The van der Waals surface area contributed by atoms with Gasteiger partial charge in [-0.3, -0.25) is 4.79 Å². The van der Waals surface area contributed by atoms with Crippen molar-refractivity contribution in [3.63, 3.8) is 0 Å². The molecule has 1 aliphatic rings. The van der Waals surface area contributed by atoms with E-state index < -0.39 is 0 Å². The maximum Gasteiger partial charge on any atom is 0.342 e. The minimum absolute atomic E-state index is 0.00241. The molecule has 1 aromatic carbocycles. The summed E-state index contributed by atoms with van der Waals surface area (Å²) in [5, 5.41) is 20.2. The fourth-order valence-electron chi connectivity index (χ4n) is 2.67. The fraction of sp³-hybridized carbons (Fsp3) is 0.316. The molecule has 1 aliphatic carbocycles. The summed E-state index contributed by atoms with van der Waals surface area (Å²) in [7, 11) is 0. The summed E-state index contributed by atoms with van der Waals surface area (Å²) >= 11 is 0. The van der Waals surface area contributed by atoms with Crippen LogP contribution in [-0.2, 0) is 4.79 Å². The fourth-order valence-corrected chi connectivity index (χ4v) is 2.67. The highest BCUT2D eigenvalue weighted by atomic mass is 16.3. The van der Waals surface area contributed by atoms with Gasteiger partial charge in [0.05, 0.1) is 11.4 Å². The van der Waals surface area contributed by atoms with Gasteiger partial charge in [0, 0.05) is 36.2 Å². The van der Waals surface area contributed by atoms with Crippen LogP contribution in [0.5, 0.6) is 5.75 Å². The van der Waals surface area contributed by atoms with Gasteiger partial charge in [-0.1, -0.05) is 13.0 Å². The third-order valence-electron chi connectivity index (χ3n) is 4.20. The Morgan fingerprint density at radius 2 is 2.15 bits per heavy atom. The van der Waals surface area contributed by atoms with Crippen LogP contribution in [0.25, 0.3) is 11.3 Å². The molecule has 26 heavy (non-hydrogen) atoms. The number of phenols is 1. The summed E-state index contributed by atoms with van der Waals surface area (Å²) in [6.45, 7) is 5.70. The number of nitrogens with zero attached hydrogens (tertiary/aromatic N) is 2. The zero-order valence-corrected chi connectivity index (χ0v) is 14.7. The van der Waals surface area contributed by atoms with E-state index in [2.05, 4.69) is 22.3 Å². The predicted octanol–water partition coefficient (Wildman–Crippen LogP) is 3.23. The van der Waals surface area contributed by atoms with Crippen molar-refractivity contribution in [2.75, 3.05) is 11.9 Å². The lowest BCUT2D eigenvalue weighted by molar-refractivity contribution is -0.115. The summed E-state index contributed by atoms with van der Waals surface area (Å²) in [6, 6.07) is 6.40. The summed E-state index contributed by atoms with van der Waals surface area (Å²) in [5.74, 6) is 0.185. The molecule has 3 rings (SSSR count). The van der Waals surface area contributed by atoms with Crippen LogP contribution in [0, 0.1) is 0 Å². The van der Waals surface area contributed by atoms with Crippen molar-refractivity contribution in [2.24, 2.45) is 0 Å². The Hall–Kier alpha value is -3.09. The van der Waals surface area contributed by atoms with Crippen molar-refractivity contribution in [3.8, 4) is 17.0 Å². The van der Waals surface area contributed by atoms with E-state index in [-0.39, 0.29) is 17.7 Å². The van der Waals surface area contributed by atoms with E-state index in [4.69, 9.17) is 0 Å². The molecular weight excluding hydrogens is 332 g/mol. The molecule has 1 fully saturated rings. The highest BCUT2D eigenvalue weighted by Crippen LogP contribution is 2.42. The van der Waals surface area contributed by atoms with Gasteiger partial charge >= 0.3 is 6.03 Å². The molecule has 7 heteroatoms. The molecule has 0 unspecified atom stereocenters. The Morgan fingerprint density at radius 3 is 2.77 bits per heavy atom. The number of aromatic nitrogens is 2. The molecule has 1 heterocycles. The van der Waals surface area contributed by atoms with E-state index >= 15 is 0 Å². The normalized spacial score (nSPS) is 13.3. The molecule has 1 saturated carbocycles. The van der Waals surface area contributed by atoms with Crippen LogP contribution in [0.3, 0.4) is 0 Å². The van der Waals surface area contributed by atoms with Crippen LogP contribution in [-0.4, -0.2) is 33.4 Å². The predicted molar refractivity (Wildman–Crippen MR) is 99.2 cm³/mol. The number of anilines is 1. The zero-order chi connectivity index (χ0) is 18.7. The molecular formula is C19H22N4O3. The van der Waals surface area contributed by atoms with Crippen LogP contribution in [0.15, 0.2) is 36.9 Å². The molecule has 3 N–H and O–H groups in total. The minimum atomic E-state index is -0.315. The lowest BCUT2D eigenvalue weighted by Crippen LogP contribution is -2.30. The lowest BCUT2D eigenvalue weighted by Gasteiger charge is -2.07. The number of benzene rings is 1. The first kappa shape index (κ1) is 17.7. The lowest BCUT2D eigenvalue weighted by atomic mass is 10.1. The van der Waals surface area contributed by atoms with Gasteiger partial charge in [0.1, 0.15) is 5.75 Å². The van der Waals surface area contributed by atoms with Gasteiger partial charge in [-0.2, -0.15) is 9.78 Å². The highest BCUT2D eigenvalue weighted by molar-refractivity contribution is 5.91. The van der Waals surface area contributed by atoms with E-state index in [9.17, 15) is 14.7 Å². The number of aromatic hydroxyl groups is 1. The smallest absolute Gasteiger partial charge is 0.342 e. The highest BCUT2D eigenvalue weighted by Gasteiger charge is 2.30. The number of carbonyl (C=O) groups is 2. The molecule has 0 saturated heterocycles. The van der Waals surface area contributed by atoms with Crippen molar-refractivity contribution in [3.05, 3.63) is 42.6 Å². The average Bonchev–Trinajstić information content (AvgIpc) is 3.38. The van der Waals surface area contributed by atoms with Crippen molar-refractivity contribution < 1.29 is 14.7 Å². The number of hydrogen-bond acceptors (Lipinski definition) is 4. The van der Waals surface area contributed by atoms with Gasteiger partial charge in [-0.05, 0) is 31.0 Å². The molecule has 0 spiro atoms. The van der Waals surface area contributed by atoms with Gasteiger partial charge < -0.3 is 15.7 Å². The largest absolute Gasteiger partial charge is 0.507 e. The number of rotatable bonds is 6. The third-order valence-corrected chi connectivity index (χ3v) is 4.20. The van der Waals surface area contributed by atoms with Crippen LogP contribution in [0.1, 0.15) is 37.8 Å². The Balaban J connectivity index is 1.90. The minimum Gasteiger partial charge on any atom is -0.507 e. The SMILES string of the molecule is C=CCNC(=O)n1nc(-c2ccc(NC(=O)CC)cc2O)cc1C1CC1. The van der Waals surface area contributed by atoms with Gasteiger partial charge in [-0.25, -0.2) is 4.79 Å². The Kier molecular flexibility index (Phi) is 5.06. The summed E-state index contributed by atoms with van der Waals surface area (Å²) in [6.07, 6.45) is 4.01. The maximum atomic E-state index is 12.3. The topological polar surface area (TPSA) is 96.3 Å².